The Balaban J connectivity index is 2.05. The average molecular weight is 298 g/mol. The lowest BCUT2D eigenvalue weighted by atomic mass is 10.2. The van der Waals surface area contributed by atoms with Crippen molar-refractivity contribution >= 4 is 11.6 Å². The van der Waals surface area contributed by atoms with Crippen molar-refractivity contribution in [1.29, 1.82) is 0 Å². The van der Waals surface area contributed by atoms with Gasteiger partial charge in [0.15, 0.2) is 0 Å². The molecule has 1 heterocycles. The molecule has 6 nitrogen and oxygen atoms in total. The average Bonchev–Trinajstić information content (AvgIpc) is 2.54. The van der Waals surface area contributed by atoms with Gasteiger partial charge in [-0.1, -0.05) is 0 Å². The summed E-state index contributed by atoms with van der Waals surface area (Å²) >= 11 is 0. The van der Waals surface area contributed by atoms with Crippen LogP contribution < -0.4 is 10.2 Å². The molecule has 0 saturated heterocycles. The zero-order valence-electron chi connectivity index (χ0n) is 12.8. The maximum atomic E-state index is 12.0. The van der Waals surface area contributed by atoms with Gasteiger partial charge in [0.05, 0.1) is 18.0 Å². The lowest BCUT2D eigenvalue weighted by Gasteiger charge is -2.05. The molecule has 2 rings (SSSR count). The van der Waals surface area contributed by atoms with Crippen molar-refractivity contribution in [1.82, 2.24) is 15.4 Å². The summed E-state index contributed by atoms with van der Waals surface area (Å²) in [5.41, 5.74) is 5.05. The Morgan fingerprint density at radius 2 is 1.91 bits per heavy atom. The van der Waals surface area contributed by atoms with Crippen LogP contribution in [0.5, 0.6) is 5.75 Å². The predicted molar refractivity (Wildman–Crippen MR) is 84.1 cm³/mol. The second kappa shape index (κ2) is 7.31. The van der Waals surface area contributed by atoms with Gasteiger partial charge in [-0.15, -0.1) is 0 Å². The van der Waals surface area contributed by atoms with E-state index in [1.165, 1.54) is 0 Å². The van der Waals surface area contributed by atoms with Crippen molar-refractivity contribution < 1.29 is 9.53 Å². The fourth-order valence-electron chi connectivity index (χ4n) is 1.88. The zero-order valence-corrected chi connectivity index (χ0v) is 12.8. The van der Waals surface area contributed by atoms with E-state index in [1.54, 1.807) is 43.6 Å². The Morgan fingerprint density at radius 1 is 1.23 bits per heavy atom. The highest BCUT2D eigenvalue weighted by Crippen LogP contribution is 2.12. The number of carbonyl (C=O) groups excluding carboxylic acids is 1. The predicted octanol–water partition coefficient (Wildman–Crippen LogP) is 2.34. The van der Waals surface area contributed by atoms with Crippen LogP contribution in [0.2, 0.25) is 0 Å². The fourth-order valence-corrected chi connectivity index (χ4v) is 1.88. The Kier molecular flexibility index (Phi) is 5.19. The molecule has 0 saturated carbocycles. The number of amides is 1. The molecule has 0 radical (unpaired) electrons. The number of rotatable bonds is 5. The maximum Gasteiger partial charge on any atom is 0.271 e. The van der Waals surface area contributed by atoms with Crippen molar-refractivity contribution in [3.63, 3.8) is 0 Å². The number of carbonyl (C=O) groups is 1. The normalized spacial score (nSPS) is 11.1. The quantitative estimate of drug-likeness (QED) is 0.679. The Labute approximate surface area is 129 Å². The summed E-state index contributed by atoms with van der Waals surface area (Å²) < 4.78 is 5.34. The number of hydrogen-bond acceptors (Lipinski definition) is 5. The molecule has 0 aliphatic rings. The molecule has 0 aliphatic carbocycles. The summed E-state index contributed by atoms with van der Waals surface area (Å²) in [5, 5.41) is 4.07. The van der Waals surface area contributed by atoms with Crippen LogP contribution in [-0.4, -0.2) is 28.2 Å². The van der Waals surface area contributed by atoms with Crippen LogP contribution in [0.4, 0.5) is 0 Å². The van der Waals surface area contributed by atoms with Gasteiger partial charge < -0.3 is 4.74 Å². The van der Waals surface area contributed by atoms with Crippen molar-refractivity contribution in [3.05, 3.63) is 53.6 Å². The summed E-state index contributed by atoms with van der Waals surface area (Å²) in [6.07, 6.45) is 3.21. The monoisotopic (exact) mass is 298 g/mol. The highest BCUT2D eigenvalue weighted by Gasteiger charge is 2.07. The van der Waals surface area contributed by atoms with E-state index in [2.05, 4.69) is 20.5 Å². The Morgan fingerprint density at radius 3 is 2.55 bits per heavy atom. The fraction of sp³-hybridized carbons (Fsp3) is 0.250. The molecule has 0 spiro atoms. The van der Waals surface area contributed by atoms with Crippen molar-refractivity contribution in [2.75, 3.05) is 6.61 Å². The molecule has 1 aromatic heterocycles. The first-order chi connectivity index (χ1) is 10.6. The standard InChI is InChI=1S/C16H18N4O2/c1-4-22-14-7-5-13(6-8-14)16(21)20-19-12(3)15-11(2)17-9-10-18-15/h5-10H,4H2,1-3H3,(H,20,21). The lowest BCUT2D eigenvalue weighted by molar-refractivity contribution is 0.0955. The number of benzene rings is 1. The van der Waals surface area contributed by atoms with E-state index in [0.29, 0.717) is 23.6 Å². The van der Waals surface area contributed by atoms with E-state index in [0.717, 1.165) is 11.4 Å². The Hall–Kier alpha value is -2.76. The van der Waals surface area contributed by atoms with Gasteiger partial charge >= 0.3 is 0 Å². The maximum absolute atomic E-state index is 12.0. The number of aryl methyl sites for hydroxylation is 1. The van der Waals surface area contributed by atoms with Crippen LogP contribution in [0.3, 0.4) is 0 Å². The number of hydrogen-bond donors (Lipinski definition) is 1. The van der Waals surface area contributed by atoms with Gasteiger partial charge in [0.2, 0.25) is 0 Å². The zero-order chi connectivity index (χ0) is 15.9. The summed E-state index contributed by atoms with van der Waals surface area (Å²) in [6, 6.07) is 6.89. The minimum absolute atomic E-state index is 0.288. The minimum Gasteiger partial charge on any atom is -0.494 e. The molecule has 0 bridgehead atoms. The second-order valence-corrected chi connectivity index (χ2v) is 4.59. The highest BCUT2D eigenvalue weighted by atomic mass is 16.5. The van der Waals surface area contributed by atoms with Gasteiger partial charge in [0.25, 0.3) is 5.91 Å². The van der Waals surface area contributed by atoms with Crippen molar-refractivity contribution in [2.24, 2.45) is 5.10 Å². The van der Waals surface area contributed by atoms with Crippen molar-refractivity contribution in [3.8, 4) is 5.75 Å². The first-order valence-electron chi connectivity index (χ1n) is 6.97. The van der Waals surface area contributed by atoms with Crippen LogP contribution in [0.1, 0.15) is 35.6 Å². The third kappa shape index (κ3) is 3.88. The van der Waals surface area contributed by atoms with E-state index in [4.69, 9.17) is 4.74 Å². The second-order valence-electron chi connectivity index (χ2n) is 4.59. The third-order valence-corrected chi connectivity index (χ3v) is 2.98. The van der Waals surface area contributed by atoms with E-state index in [9.17, 15) is 4.79 Å². The topological polar surface area (TPSA) is 76.5 Å². The van der Waals surface area contributed by atoms with Gasteiger partial charge in [0, 0.05) is 18.0 Å². The van der Waals surface area contributed by atoms with Gasteiger partial charge in [-0.05, 0) is 45.0 Å². The molecule has 22 heavy (non-hydrogen) atoms. The van der Waals surface area contributed by atoms with Crippen LogP contribution in [-0.2, 0) is 0 Å². The highest BCUT2D eigenvalue weighted by molar-refractivity contribution is 6.00. The number of nitrogens with one attached hydrogen (secondary N) is 1. The summed E-state index contributed by atoms with van der Waals surface area (Å²) in [4.78, 5) is 20.4. The van der Waals surface area contributed by atoms with E-state index < -0.39 is 0 Å². The molecule has 6 heteroatoms. The number of ether oxygens (including phenoxy) is 1. The van der Waals surface area contributed by atoms with Gasteiger partial charge in [-0.25, -0.2) is 5.43 Å². The summed E-state index contributed by atoms with van der Waals surface area (Å²) in [5.74, 6) is 0.442. The summed E-state index contributed by atoms with van der Waals surface area (Å²) in [7, 11) is 0. The molecule has 2 aromatic rings. The molecule has 1 N–H and O–H groups in total. The molecule has 1 amide bonds. The molecule has 0 fully saturated rings. The first kappa shape index (κ1) is 15.6. The van der Waals surface area contributed by atoms with E-state index in [-0.39, 0.29) is 5.91 Å². The molecule has 114 valence electrons. The first-order valence-corrected chi connectivity index (χ1v) is 6.97. The van der Waals surface area contributed by atoms with Crippen LogP contribution in [0.25, 0.3) is 0 Å². The number of aromatic nitrogens is 2. The van der Waals surface area contributed by atoms with Gasteiger partial charge in [-0.2, -0.15) is 5.10 Å². The molecule has 0 aliphatic heterocycles. The SMILES string of the molecule is CCOc1ccc(C(=O)NN=C(C)c2nccnc2C)cc1. The van der Waals surface area contributed by atoms with E-state index in [1.807, 2.05) is 13.8 Å². The molecule has 1 aromatic carbocycles. The lowest BCUT2D eigenvalue weighted by Crippen LogP contribution is -2.20. The molecular weight excluding hydrogens is 280 g/mol. The summed E-state index contributed by atoms with van der Waals surface area (Å²) in [6.45, 7) is 6.12. The van der Waals surface area contributed by atoms with E-state index >= 15 is 0 Å². The van der Waals surface area contributed by atoms with Gasteiger partial charge in [0.1, 0.15) is 11.4 Å². The number of nitrogens with zero attached hydrogens (tertiary/aromatic N) is 3. The smallest absolute Gasteiger partial charge is 0.271 e. The van der Waals surface area contributed by atoms with Crippen LogP contribution in [0, 0.1) is 6.92 Å². The number of hydrazone groups is 1. The van der Waals surface area contributed by atoms with Crippen molar-refractivity contribution in [2.45, 2.75) is 20.8 Å². The molecular formula is C16H18N4O2. The van der Waals surface area contributed by atoms with Crippen LogP contribution >= 0.6 is 0 Å². The largest absolute Gasteiger partial charge is 0.494 e. The van der Waals surface area contributed by atoms with Crippen LogP contribution in [0.15, 0.2) is 41.8 Å². The molecule has 0 atom stereocenters. The molecule has 0 unspecified atom stereocenters. The minimum atomic E-state index is -0.288. The Bertz CT molecular complexity index is 681. The van der Waals surface area contributed by atoms with Gasteiger partial charge in [-0.3, -0.25) is 14.8 Å². The third-order valence-electron chi connectivity index (χ3n) is 2.98.